The maximum Gasteiger partial charge on any atom is 4.00 e. The van der Waals surface area contributed by atoms with Crippen molar-refractivity contribution in [3.8, 4) is 0 Å². The van der Waals surface area contributed by atoms with Gasteiger partial charge in [-0.2, -0.15) is 0 Å². The van der Waals surface area contributed by atoms with E-state index in [4.69, 9.17) is 132 Å². The SMILES string of the molecule is CCOP(=S)([S-])OCC.CCOP(=S)([S-])OCC.CCOP(=S)([S-])OCC.CCOP(=S)([S-])OCC.[Sn+4]. The molecule has 0 aromatic carbocycles. The van der Waals surface area contributed by atoms with Crippen LogP contribution in [0.4, 0.5) is 0 Å². The second kappa shape index (κ2) is 31.9. The van der Waals surface area contributed by atoms with Gasteiger partial charge in [-0.1, -0.05) is 47.2 Å². The first-order chi connectivity index (χ1) is 16.5. The Kier molecular flexibility index (Phi) is 44.0. The van der Waals surface area contributed by atoms with Crippen LogP contribution in [0.3, 0.4) is 0 Å². The molecule has 0 fully saturated rings. The second-order valence-corrected chi connectivity index (χ2v) is 25.1. The molecule has 0 aromatic heterocycles. The van der Waals surface area contributed by atoms with Crippen LogP contribution in [0.5, 0.6) is 0 Å². The molecule has 0 rings (SSSR count). The summed E-state index contributed by atoms with van der Waals surface area (Å²) in [7, 11) is 0. The Morgan fingerprint density at radius 1 is 0.351 bits per heavy atom. The summed E-state index contributed by atoms with van der Waals surface area (Å²) >= 11 is 38.6. The maximum atomic E-state index is 4.99. The molecule has 0 spiro atoms. The zero-order valence-corrected chi connectivity index (χ0v) is 35.4. The average molecular weight is 860 g/mol. The summed E-state index contributed by atoms with van der Waals surface area (Å²) in [5, 5.41) is 0. The summed E-state index contributed by atoms with van der Waals surface area (Å²) in [5.41, 5.74) is -9.10. The monoisotopic (exact) mass is 860 g/mol. The predicted molar refractivity (Wildman–Crippen MR) is 185 cm³/mol. The molecule has 0 aliphatic rings. The Labute approximate surface area is 284 Å². The summed E-state index contributed by atoms with van der Waals surface area (Å²) in [6, 6.07) is 0. The Balaban J connectivity index is -0.000000122. The molecule has 0 aliphatic carbocycles. The fraction of sp³-hybridized carbons (Fsp3) is 1.00. The smallest absolute Gasteiger partial charge is 0.691 e. The van der Waals surface area contributed by atoms with E-state index in [1.165, 1.54) is 0 Å². The fourth-order valence-electron chi connectivity index (χ4n) is 1.41. The van der Waals surface area contributed by atoms with E-state index < -0.39 is 22.8 Å². The van der Waals surface area contributed by atoms with Crippen molar-refractivity contribution in [3.05, 3.63) is 0 Å². The first-order valence-electron chi connectivity index (χ1n) is 10.9. The Morgan fingerprint density at radius 2 is 0.432 bits per heavy atom. The standard InChI is InChI=1S/4C4H11O2PS2.Sn/c4*1-3-5-7(8,9)6-4-2;/h4*3-4H2,1-2H3,(H,8,9);/q;;;;+4/p-4. The predicted octanol–water partition coefficient (Wildman–Crippen LogP) is 6.94. The van der Waals surface area contributed by atoms with Crippen molar-refractivity contribution in [1.82, 2.24) is 0 Å². The van der Waals surface area contributed by atoms with Crippen LogP contribution in [-0.2, 0) is 132 Å². The van der Waals surface area contributed by atoms with Crippen LogP contribution < -0.4 is 0 Å². The van der Waals surface area contributed by atoms with Crippen LogP contribution >= 0.6 is 22.8 Å². The molecule has 0 saturated carbocycles. The Hall–Kier alpha value is 4.48. The van der Waals surface area contributed by atoms with E-state index in [0.717, 1.165) is 0 Å². The molecule has 0 N–H and O–H groups in total. The first kappa shape index (κ1) is 51.1. The van der Waals surface area contributed by atoms with Crippen LogP contribution in [0, 0.1) is 0 Å². The third kappa shape index (κ3) is 45.0. The van der Waals surface area contributed by atoms with Crippen molar-refractivity contribution >= 4 is 143 Å². The van der Waals surface area contributed by atoms with Gasteiger partial charge in [0, 0.05) is 52.9 Å². The number of hydrogen-bond acceptors (Lipinski definition) is 16. The summed E-state index contributed by atoms with van der Waals surface area (Å²) in [6.45, 7) is 19.2. The van der Waals surface area contributed by atoms with Gasteiger partial charge in [0.25, 0.3) is 0 Å². The molecule has 0 bridgehead atoms. The van der Waals surface area contributed by atoms with E-state index >= 15 is 0 Å². The van der Waals surface area contributed by atoms with E-state index in [2.05, 4.69) is 0 Å². The summed E-state index contributed by atoms with van der Waals surface area (Å²) in [6.07, 6.45) is 0. The van der Waals surface area contributed by atoms with Crippen molar-refractivity contribution < 1.29 is 36.2 Å². The van der Waals surface area contributed by atoms with Crippen LogP contribution in [0.2, 0.25) is 0 Å². The van der Waals surface area contributed by atoms with E-state index in [1.54, 1.807) is 0 Å². The maximum absolute atomic E-state index is 4.99. The zero-order valence-electron chi connectivity index (χ0n) is 22.5. The first-order valence-corrected chi connectivity index (χ1v) is 25.5. The quantitative estimate of drug-likeness (QED) is 0.0914. The van der Waals surface area contributed by atoms with Crippen molar-refractivity contribution in [2.75, 3.05) is 52.9 Å². The minimum atomic E-state index is -2.28. The normalized spacial score (nSPS) is 11.6. The molecule has 0 aliphatic heterocycles. The van der Waals surface area contributed by atoms with Gasteiger partial charge in [0.1, 0.15) is 0 Å². The van der Waals surface area contributed by atoms with Crippen LogP contribution in [0.15, 0.2) is 0 Å². The van der Waals surface area contributed by atoms with E-state index in [1.807, 2.05) is 55.4 Å². The minimum absolute atomic E-state index is 0. The Morgan fingerprint density at radius 3 is 0.486 bits per heavy atom. The summed E-state index contributed by atoms with van der Waals surface area (Å²) in [4.78, 5) is 0. The minimum Gasteiger partial charge on any atom is -0.691 e. The molecule has 0 aromatic rings. The molecule has 0 unspecified atom stereocenters. The van der Waals surface area contributed by atoms with Crippen LogP contribution in [-0.4, -0.2) is 76.8 Å². The largest absolute Gasteiger partial charge is 4.00 e. The third-order valence-corrected chi connectivity index (χ3v) is 12.0. The van der Waals surface area contributed by atoms with E-state index in [0.29, 0.717) is 52.9 Å². The summed E-state index contributed by atoms with van der Waals surface area (Å²) < 4.78 is 39.9. The van der Waals surface area contributed by atoms with Gasteiger partial charge in [0.2, 0.25) is 0 Å². The third-order valence-electron chi connectivity index (χ3n) is 2.30. The van der Waals surface area contributed by atoms with Gasteiger partial charge in [-0.25, -0.2) is 0 Å². The molecule has 224 valence electrons. The van der Waals surface area contributed by atoms with Gasteiger partial charge in [0.05, 0.1) is 22.8 Å². The number of rotatable bonds is 16. The van der Waals surface area contributed by atoms with E-state index in [-0.39, 0.29) is 23.9 Å². The molecular weight excluding hydrogens is 819 g/mol. The Bertz CT molecular complexity index is 547. The molecule has 37 heavy (non-hydrogen) atoms. The summed E-state index contributed by atoms with van der Waals surface area (Å²) in [5.74, 6) is 0. The van der Waals surface area contributed by atoms with Gasteiger partial charge < -0.3 is 85.2 Å². The molecule has 0 radical (unpaired) electrons. The van der Waals surface area contributed by atoms with Gasteiger partial charge >= 0.3 is 23.9 Å². The molecule has 8 nitrogen and oxygen atoms in total. The topological polar surface area (TPSA) is 73.8 Å². The van der Waals surface area contributed by atoms with Gasteiger partial charge in [-0.3, -0.25) is 0 Å². The molecular formula is C16H40O8P4S8Sn. The van der Waals surface area contributed by atoms with Crippen LogP contribution in [0.25, 0.3) is 0 Å². The van der Waals surface area contributed by atoms with Crippen LogP contribution in [0.1, 0.15) is 55.4 Å². The fourth-order valence-corrected chi connectivity index (χ4v) is 9.30. The molecule has 0 atom stereocenters. The average Bonchev–Trinajstić information content (AvgIpc) is 2.69. The van der Waals surface area contributed by atoms with Gasteiger partial charge in [-0.05, 0) is 55.4 Å². The number of hydrogen-bond donors (Lipinski definition) is 0. The van der Waals surface area contributed by atoms with Crippen molar-refractivity contribution in [2.45, 2.75) is 55.4 Å². The zero-order chi connectivity index (χ0) is 29.3. The molecule has 0 saturated heterocycles. The second-order valence-electron chi connectivity index (χ2n) is 5.13. The van der Waals surface area contributed by atoms with Crippen molar-refractivity contribution in [1.29, 1.82) is 0 Å². The van der Waals surface area contributed by atoms with Gasteiger partial charge in [0.15, 0.2) is 0 Å². The molecule has 0 heterocycles. The van der Waals surface area contributed by atoms with Crippen molar-refractivity contribution in [2.24, 2.45) is 0 Å². The molecule has 21 heteroatoms. The van der Waals surface area contributed by atoms with Gasteiger partial charge in [-0.15, -0.1) is 0 Å². The molecule has 0 amide bonds. The van der Waals surface area contributed by atoms with E-state index in [9.17, 15) is 0 Å². The van der Waals surface area contributed by atoms with Crippen molar-refractivity contribution in [3.63, 3.8) is 0 Å².